The van der Waals surface area contributed by atoms with E-state index in [1.54, 1.807) is 19.2 Å². The van der Waals surface area contributed by atoms with E-state index < -0.39 is 0 Å². The number of methoxy groups -OCH3 is 1. The van der Waals surface area contributed by atoms with E-state index >= 15 is 0 Å². The van der Waals surface area contributed by atoms with Gasteiger partial charge < -0.3 is 4.74 Å². The molecule has 0 aliphatic heterocycles. The fourth-order valence-electron chi connectivity index (χ4n) is 1.83. The standard InChI is InChI=1S/C15H13BrClFO/c1-19-12-5-2-10(3-6-12)8-14(17)13-7-4-11(16)9-15(13)18/h2-7,9,14H,8H2,1H3. The normalized spacial score (nSPS) is 12.2. The van der Waals surface area contributed by atoms with E-state index in [4.69, 9.17) is 16.3 Å². The van der Waals surface area contributed by atoms with Crippen LogP contribution in [0.4, 0.5) is 4.39 Å². The van der Waals surface area contributed by atoms with E-state index in [0.29, 0.717) is 16.5 Å². The third-order valence-corrected chi connectivity index (χ3v) is 3.76. The number of rotatable bonds is 4. The second kappa shape index (κ2) is 6.40. The van der Waals surface area contributed by atoms with Crippen LogP contribution < -0.4 is 4.74 Å². The highest BCUT2D eigenvalue weighted by molar-refractivity contribution is 9.10. The molecule has 0 aromatic heterocycles. The van der Waals surface area contributed by atoms with Crippen molar-refractivity contribution in [1.29, 1.82) is 0 Å². The van der Waals surface area contributed by atoms with Crippen molar-refractivity contribution in [2.45, 2.75) is 11.8 Å². The number of benzene rings is 2. The molecule has 0 amide bonds. The molecule has 0 saturated carbocycles. The van der Waals surface area contributed by atoms with Gasteiger partial charge in [0.05, 0.1) is 12.5 Å². The van der Waals surface area contributed by atoms with Crippen LogP contribution >= 0.6 is 27.5 Å². The maximum atomic E-state index is 13.8. The molecule has 0 aliphatic rings. The van der Waals surface area contributed by atoms with Crippen molar-refractivity contribution in [3.63, 3.8) is 0 Å². The zero-order valence-corrected chi connectivity index (χ0v) is 12.7. The number of hydrogen-bond acceptors (Lipinski definition) is 1. The van der Waals surface area contributed by atoms with Crippen molar-refractivity contribution >= 4 is 27.5 Å². The highest BCUT2D eigenvalue weighted by Gasteiger charge is 2.14. The Labute approximate surface area is 125 Å². The second-order valence-corrected chi connectivity index (χ2v) is 5.63. The summed E-state index contributed by atoms with van der Waals surface area (Å²) in [6, 6.07) is 12.5. The number of ether oxygens (including phenoxy) is 1. The summed E-state index contributed by atoms with van der Waals surface area (Å²) in [6.07, 6.45) is 0.574. The Morgan fingerprint density at radius 3 is 2.47 bits per heavy atom. The van der Waals surface area contributed by atoms with Crippen molar-refractivity contribution in [1.82, 2.24) is 0 Å². The maximum absolute atomic E-state index is 13.8. The van der Waals surface area contributed by atoms with Crippen LogP contribution in [0, 0.1) is 5.82 Å². The predicted octanol–water partition coefficient (Wildman–Crippen LogP) is 5.12. The summed E-state index contributed by atoms with van der Waals surface area (Å²) in [5, 5.41) is -0.388. The predicted molar refractivity (Wildman–Crippen MR) is 79.4 cm³/mol. The Balaban J connectivity index is 2.13. The summed E-state index contributed by atoms with van der Waals surface area (Å²) in [7, 11) is 1.62. The Hall–Kier alpha value is -1.06. The Morgan fingerprint density at radius 2 is 1.89 bits per heavy atom. The van der Waals surface area contributed by atoms with E-state index in [-0.39, 0.29) is 11.2 Å². The number of halogens is 3. The zero-order chi connectivity index (χ0) is 13.8. The van der Waals surface area contributed by atoms with Gasteiger partial charge in [-0.3, -0.25) is 0 Å². The lowest BCUT2D eigenvalue weighted by atomic mass is 10.0. The fourth-order valence-corrected chi connectivity index (χ4v) is 2.52. The van der Waals surface area contributed by atoms with Crippen molar-refractivity contribution in [2.75, 3.05) is 7.11 Å². The van der Waals surface area contributed by atoms with Crippen molar-refractivity contribution < 1.29 is 9.13 Å². The molecule has 19 heavy (non-hydrogen) atoms. The van der Waals surface area contributed by atoms with Crippen LogP contribution in [0.1, 0.15) is 16.5 Å². The Kier molecular flexibility index (Phi) is 4.83. The molecule has 0 heterocycles. The molecule has 4 heteroatoms. The molecule has 1 unspecified atom stereocenters. The molecule has 0 saturated heterocycles. The van der Waals surface area contributed by atoms with Gasteiger partial charge in [-0.25, -0.2) is 4.39 Å². The summed E-state index contributed by atoms with van der Waals surface area (Å²) in [5.41, 5.74) is 1.56. The quantitative estimate of drug-likeness (QED) is 0.700. The molecule has 0 fully saturated rings. The lowest BCUT2D eigenvalue weighted by Crippen LogP contribution is -1.99. The number of alkyl halides is 1. The summed E-state index contributed by atoms with van der Waals surface area (Å²) < 4.78 is 19.6. The average Bonchev–Trinajstić information content (AvgIpc) is 2.39. The molecule has 0 spiro atoms. The fraction of sp³-hybridized carbons (Fsp3) is 0.200. The van der Waals surface area contributed by atoms with Crippen LogP contribution in [0.15, 0.2) is 46.9 Å². The largest absolute Gasteiger partial charge is 0.497 e. The second-order valence-electron chi connectivity index (χ2n) is 4.19. The van der Waals surface area contributed by atoms with Crippen LogP contribution in [-0.2, 0) is 6.42 Å². The van der Waals surface area contributed by atoms with Gasteiger partial charge in [0.1, 0.15) is 11.6 Å². The first kappa shape index (κ1) is 14.4. The van der Waals surface area contributed by atoms with E-state index in [9.17, 15) is 4.39 Å². The van der Waals surface area contributed by atoms with Crippen LogP contribution in [0.25, 0.3) is 0 Å². The molecule has 2 aromatic carbocycles. The van der Waals surface area contributed by atoms with Gasteiger partial charge in [-0.2, -0.15) is 0 Å². The van der Waals surface area contributed by atoms with Gasteiger partial charge in [-0.15, -0.1) is 11.6 Å². The smallest absolute Gasteiger partial charge is 0.129 e. The Morgan fingerprint density at radius 1 is 1.21 bits per heavy atom. The molecule has 1 nitrogen and oxygen atoms in total. The topological polar surface area (TPSA) is 9.23 Å². The summed E-state index contributed by atoms with van der Waals surface area (Å²) in [4.78, 5) is 0. The van der Waals surface area contributed by atoms with Crippen molar-refractivity contribution in [3.05, 3.63) is 63.9 Å². The van der Waals surface area contributed by atoms with Gasteiger partial charge in [-0.05, 0) is 36.2 Å². The van der Waals surface area contributed by atoms with E-state index in [1.165, 1.54) is 6.07 Å². The van der Waals surface area contributed by atoms with Crippen molar-refractivity contribution in [2.24, 2.45) is 0 Å². The Bertz CT molecular complexity index is 557. The molecule has 0 aliphatic carbocycles. The number of hydrogen-bond donors (Lipinski definition) is 0. The first-order chi connectivity index (χ1) is 9.10. The van der Waals surface area contributed by atoms with E-state index in [1.807, 2.05) is 24.3 Å². The van der Waals surface area contributed by atoms with Crippen LogP contribution in [-0.4, -0.2) is 7.11 Å². The lowest BCUT2D eigenvalue weighted by molar-refractivity contribution is 0.414. The van der Waals surface area contributed by atoms with Crippen LogP contribution in [0.3, 0.4) is 0 Å². The highest BCUT2D eigenvalue weighted by atomic mass is 79.9. The molecular weight excluding hydrogens is 331 g/mol. The zero-order valence-electron chi connectivity index (χ0n) is 10.4. The third-order valence-electron chi connectivity index (χ3n) is 2.87. The first-order valence-electron chi connectivity index (χ1n) is 5.82. The van der Waals surface area contributed by atoms with Crippen LogP contribution in [0.2, 0.25) is 0 Å². The minimum Gasteiger partial charge on any atom is -0.497 e. The SMILES string of the molecule is COc1ccc(CC(Cl)c2ccc(Br)cc2F)cc1. The highest BCUT2D eigenvalue weighted by Crippen LogP contribution is 2.29. The van der Waals surface area contributed by atoms with Gasteiger partial charge in [0.2, 0.25) is 0 Å². The minimum atomic E-state index is -0.388. The van der Waals surface area contributed by atoms with Gasteiger partial charge in [0.15, 0.2) is 0 Å². The van der Waals surface area contributed by atoms with E-state index in [0.717, 1.165) is 11.3 Å². The minimum absolute atomic E-state index is 0.289. The molecule has 0 bridgehead atoms. The molecule has 1 atom stereocenters. The molecular formula is C15H13BrClFO. The molecule has 2 aromatic rings. The molecule has 0 radical (unpaired) electrons. The van der Waals surface area contributed by atoms with Gasteiger partial charge in [0, 0.05) is 10.0 Å². The van der Waals surface area contributed by atoms with Gasteiger partial charge in [0.25, 0.3) is 0 Å². The van der Waals surface area contributed by atoms with Crippen LogP contribution in [0.5, 0.6) is 5.75 Å². The molecule has 0 N–H and O–H groups in total. The average molecular weight is 344 g/mol. The molecule has 100 valence electrons. The monoisotopic (exact) mass is 342 g/mol. The third kappa shape index (κ3) is 3.71. The van der Waals surface area contributed by atoms with Gasteiger partial charge >= 0.3 is 0 Å². The first-order valence-corrected chi connectivity index (χ1v) is 7.05. The summed E-state index contributed by atoms with van der Waals surface area (Å²) in [5.74, 6) is 0.507. The van der Waals surface area contributed by atoms with E-state index in [2.05, 4.69) is 15.9 Å². The van der Waals surface area contributed by atoms with Crippen molar-refractivity contribution in [3.8, 4) is 5.75 Å². The maximum Gasteiger partial charge on any atom is 0.129 e. The summed E-state index contributed by atoms with van der Waals surface area (Å²) in [6.45, 7) is 0. The summed E-state index contributed by atoms with van der Waals surface area (Å²) >= 11 is 9.52. The molecule has 2 rings (SSSR count). The van der Waals surface area contributed by atoms with Gasteiger partial charge in [-0.1, -0.05) is 34.1 Å². The lowest BCUT2D eigenvalue weighted by Gasteiger charge is -2.11.